The second-order valence-electron chi connectivity index (χ2n) is 9.76. The monoisotopic (exact) mass is 540 g/mol. The maximum Gasteiger partial charge on any atom is 0.264 e. The Kier molecular flexibility index (Phi) is 6.56. The molecule has 0 unspecified atom stereocenters. The van der Waals surface area contributed by atoms with Crippen molar-refractivity contribution in [2.75, 3.05) is 13.1 Å². The van der Waals surface area contributed by atoms with Gasteiger partial charge in [-0.3, -0.25) is 14.2 Å². The molecule has 3 aromatic heterocycles. The quantitative estimate of drug-likeness (QED) is 0.350. The maximum atomic E-state index is 13.3. The normalized spacial score (nSPS) is 14.8. The van der Waals surface area contributed by atoms with Gasteiger partial charge in [0.05, 0.1) is 24.0 Å². The van der Waals surface area contributed by atoms with E-state index in [-0.39, 0.29) is 23.8 Å². The number of fused-ring (bicyclic) bond motifs is 1. The Balaban J connectivity index is 1.11. The molecule has 10 nitrogen and oxygen atoms in total. The van der Waals surface area contributed by atoms with Crippen molar-refractivity contribution >= 4 is 16.9 Å². The summed E-state index contributed by atoms with van der Waals surface area (Å²) in [6.45, 7) is 0.723. The van der Waals surface area contributed by atoms with Crippen LogP contribution in [0.1, 0.15) is 23.2 Å². The Labute approximate surface area is 227 Å². The highest BCUT2D eigenvalue weighted by Crippen LogP contribution is 2.26. The van der Waals surface area contributed by atoms with Crippen LogP contribution in [0.25, 0.3) is 16.7 Å². The lowest BCUT2D eigenvalue weighted by Gasteiger charge is -2.38. The highest BCUT2D eigenvalue weighted by atomic mass is 19.1. The molecule has 0 bridgehead atoms. The molecule has 5 aromatic rings. The Bertz CT molecular complexity index is 1710. The van der Waals surface area contributed by atoms with Crippen molar-refractivity contribution in [2.24, 2.45) is 0 Å². The number of hydrogen-bond donors (Lipinski definition) is 1. The van der Waals surface area contributed by atoms with Crippen LogP contribution in [0.2, 0.25) is 0 Å². The predicted octanol–water partition coefficient (Wildman–Crippen LogP) is 3.58. The number of amides is 1. The minimum Gasteiger partial charge on any atom is -0.439 e. The minimum atomic E-state index is -1.18. The molecule has 6 rings (SSSR count). The van der Waals surface area contributed by atoms with Gasteiger partial charge in [-0.15, -0.1) is 0 Å². The molecular formula is C29H25FN6O4. The number of carbonyl (C=O) groups excluding carboxylic acids is 1. The smallest absolute Gasteiger partial charge is 0.264 e. The first kappa shape index (κ1) is 25.4. The topological polar surface area (TPSA) is 115 Å². The summed E-state index contributed by atoms with van der Waals surface area (Å²) < 4.78 is 21.8. The van der Waals surface area contributed by atoms with Gasteiger partial charge in [-0.1, -0.05) is 6.07 Å². The summed E-state index contributed by atoms with van der Waals surface area (Å²) in [5, 5.41) is 15.8. The number of benzene rings is 2. The summed E-state index contributed by atoms with van der Waals surface area (Å²) in [6, 6.07) is 17.9. The number of piperidine rings is 1. The average Bonchev–Trinajstić information content (AvgIpc) is 3.41. The highest BCUT2D eigenvalue weighted by Gasteiger charge is 2.35. The van der Waals surface area contributed by atoms with E-state index in [1.165, 1.54) is 33.9 Å². The second kappa shape index (κ2) is 10.3. The van der Waals surface area contributed by atoms with E-state index in [2.05, 4.69) is 15.1 Å². The van der Waals surface area contributed by atoms with E-state index >= 15 is 0 Å². The second-order valence-corrected chi connectivity index (χ2v) is 9.76. The molecule has 202 valence electrons. The summed E-state index contributed by atoms with van der Waals surface area (Å²) in [6.07, 6.45) is 5.05. The Hall–Kier alpha value is -4.90. The van der Waals surface area contributed by atoms with E-state index in [0.29, 0.717) is 59.8 Å². The largest absolute Gasteiger partial charge is 0.439 e. The van der Waals surface area contributed by atoms with Crippen molar-refractivity contribution in [1.82, 2.24) is 29.2 Å². The Morgan fingerprint density at radius 1 is 1.00 bits per heavy atom. The first-order chi connectivity index (χ1) is 19.4. The van der Waals surface area contributed by atoms with Crippen molar-refractivity contribution < 1.29 is 19.0 Å². The molecule has 4 heterocycles. The molecule has 0 atom stereocenters. The van der Waals surface area contributed by atoms with E-state index in [1.807, 2.05) is 6.07 Å². The molecule has 1 amide bonds. The SMILES string of the molecule is O=C(c1ccc(Oc2ccccn2)cc1)N1CCC(O)(Cn2cnc3c(cnn3-c3ccc(F)cc3)c2=O)CC1. The Morgan fingerprint density at radius 3 is 2.45 bits per heavy atom. The summed E-state index contributed by atoms with van der Waals surface area (Å²) in [7, 11) is 0. The number of aromatic nitrogens is 5. The number of rotatable bonds is 6. The van der Waals surface area contributed by atoms with Crippen LogP contribution in [0.15, 0.2) is 90.2 Å². The summed E-state index contributed by atoms with van der Waals surface area (Å²) in [5.41, 5.74) is -0.0755. The van der Waals surface area contributed by atoms with Gasteiger partial charge in [0.15, 0.2) is 5.65 Å². The van der Waals surface area contributed by atoms with Gasteiger partial charge in [0.1, 0.15) is 23.3 Å². The molecular weight excluding hydrogens is 515 g/mol. The van der Waals surface area contributed by atoms with Crippen molar-refractivity contribution in [3.63, 3.8) is 0 Å². The van der Waals surface area contributed by atoms with Gasteiger partial charge in [-0.05, 0) is 67.4 Å². The Morgan fingerprint density at radius 2 is 1.75 bits per heavy atom. The van der Waals surface area contributed by atoms with Gasteiger partial charge in [0.25, 0.3) is 11.5 Å². The fourth-order valence-electron chi connectivity index (χ4n) is 4.81. The number of aliphatic hydroxyl groups is 1. The standard InChI is InChI=1S/C29H25FN6O4/c30-21-6-8-22(9-7-21)36-26-24(17-33-36)28(38)35(19-32-26)18-29(39)12-15-34(16-13-29)27(37)20-4-10-23(11-5-20)40-25-3-1-2-14-31-25/h1-11,14,17,19,39H,12-13,15-16,18H2. The fraction of sp³-hybridized carbons (Fsp3) is 0.207. The van der Waals surface area contributed by atoms with Crippen LogP contribution in [-0.4, -0.2) is 58.9 Å². The molecule has 1 N–H and O–H groups in total. The van der Waals surface area contributed by atoms with Gasteiger partial charge < -0.3 is 14.7 Å². The molecule has 1 fully saturated rings. The molecule has 0 radical (unpaired) electrons. The molecule has 2 aromatic carbocycles. The van der Waals surface area contributed by atoms with Crippen LogP contribution < -0.4 is 10.3 Å². The highest BCUT2D eigenvalue weighted by molar-refractivity contribution is 5.94. The lowest BCUT2D eigenvalue weighted by molar-refractivity contribution is -0.0299. The van der Waals surface area contributed by atoms with Crippen LogP contribution in [0.3, 0.4) is 0 Å². The zero-order valence-electron chi connectivity index (χ0n) is 21.4. The number of pyridine rings is 1. The third-order valence-corrected chi connectivity index (χ3v) is 7.03. The summed E-state index contributed by atoms with van der Waals surface area (Å²) in [4.78, 5) is 36.4. The summed E-state index contributed by atoms with van der Waals surface area (Å²) >= 11 is 0. The molecule has 1 aliphatic rings. The third-order valence-electron chi connectivity index (χ3n) is 7.03. The van der Waals surface area contributed by atoms with Gasteiger partial charge in [0.2, 0.25) is 5.88 Å². The predicted molar refractivity (Wildman–Crippen MR) is 144 cm³/mol. The van der Waals surface area contributed by atoms with Crippen LogP contribution in [-0.2, 0) is 6.54 Å². The van der Waals surface area contributed by atoms with E-state index in [4.69, 9.17) is 4.74 Å². The lowest BCUT2D eigenvalue weighted by atomic mass is 9.91. The number of nitrogens with zero attached hydrogens (tertiary/aromatic N) is 6. The van der Waals surface area contributed by atoms with Gasteiger partial charge in [-0.25, -0.2) is 19.0 Å². The van der Waals surface area contributed by atoms with Gasteiger partial charge in [-0.2, -0.15) is 5.10 Å². The number of hydrogen-bond acceptors (Lipinski definition) is 7. The molecule has 1 aliphatic heterocycles. The van der Waals surface area contributed by atoms with Crippen molar-refractivity contribution in [3.8, 4) is 17.3 Å². The van der Waals surface area contributed by atoms with Crippen molar-refractivity contribution in [3.05, 3.63) is 107 Å². The molecule has 1 saturated heterocycles. The molecule has 11 heteroatoms. The van der Waals surface area contributed by atoms with Crippen molar-refractivity contribution in [2.45, 2.75) is 25.0 Å². The van der Waals surface area contributed by atoms with Crippen LogP contribution >= 0.6 is 0 Å². The van der Waals surface area contributed by atoms with Gasteiger partial charge in [0, 0.05) is 30.9 Å². The fourth-order valence-corrected chi connectivity index (χ4v) is 4.81. The molecule has 0 aliphatic carbocycles. The van der Waals surface area contributed by atoms with E-state index in [0.717, 1.165) is 0 Å². The molecule has 0 spiro atoms. The first-order valence-electron chi connectivity index (χ1n) is 12.8. The number of carbonyl (C=O) groups is 1. The van der Waals surface area contributed by atoms with Gasteiger partial charge >= 0.3 is 0 Å². The van der Waals surface area contributed by atoms with Crippen molar-refractivity contribution in [1.29, 1.82) is 0 Å². The van der Waals surface area contributed by atoms with Crippen LogP contribution in [0, 0.1) is 5.82 Å². The molecule has 0 saturated carbocycles. The zero-order chi connectivity index (χ0) is 27.7. The third kappa shape index (κ3) is 5.06. The van der Waals surface area contributed by atoms with Crippen LogP contribution in [0.4, 0.5) is 4.39 Å². The van der Waals surface area contributed by atoms with E-state index in [9.17, 15) is 19.1 Å². The number of likely N-dealkylation sites (tertiary alicyclic amines) is 1. The van der Waals surface area contributed by atoms with E-state index in [1.54, 1.807) is 59.6 Å². The lowest BCUT2D eigenvalue weighted by Crippen LogP contribution is -2.49. The average molecular weight is 541 g/mol. The van der Waals surface area contributed by atoms with Crippen LogP contribution in [0.5, 0.6) is 11.6 Å². The number of ether oxygens (including phenoxy) is 1. The zero-order valence-corrected chi connectivity index (χ0v) is 21.4. The number of halogens is 1. The first-order valence-corrected chi connectivity index (χ1v) is 12.8. The maximum absolute atomic E-state index is 13.3. The summed E-state index contributed by atoms with van der Waals surface area (Å²) in [5.74, 6) is 0.523. The molecule has 40 heavy (non-hydrogen) atoms. The van der Waals surface area contributed by atoms with E-state index < -0.39 is 5.60 Å². The minimum absolute atomic E-state index is 0.0398.